The minimum atomic E-state index is -4.37. The first kappa shape index (κ1) is 25.0. The molecular weight excluding hydrogens is 538 g/mol. The topological polar surface area (TPSA) is 96.3 Å². The maximum absolute atomic E-state index is 13.8. The third-order valence-corrected chi connectivity index (χ3v) is 8.73. The number of benzene rings is 2. The van der Waals surface area contributed by atoms with Gasteiger partial charge >= 0.3 is 0 Å². The molecule has 0 fully saturated rings. The molecule has 3 rings (SSSR count). The molecule has 0 N–H and O–H groups in total. The zero-order valence-electron chi connectivity index (χ0n) is 18.0. The fourth-order valence-electron chi connectivity index (χ4n) is 3.41. The highest BCUT2D eigenvalue weighted by molar-refractivity contribution is 9.10. The Balaban J connectivity index is 2.56. The number of nitrogens with zero attached hydrogens (tertiary/aromatic N) is 1. The Morgan fingerprint density at radius 3 is 2.16 bits per heavy atom. The van der Waals surface area contributed by atoms with E-state index in [1.807, 2.05) is 20.8 Å². The van der Waals surface area contributed by atoms with Crippen molar-refractivity contribution in [3.63, 3.8) is 0 Å². The van der Waals surface area contributed by atoms with Crippen molar-refractivity contribution in [1.82, 2.24) is 3.97 Å². The lowest BCUT2D eigenvalue weighted by molar-refractivity contribution is 0.101. The van der Waals surface area contributed by atoms with Crippen molar-refractivity contribution >= 4 is 65.4 Å². The van der Waals surface area contributed by atoms with Gasteiger partial charge in [0, 0.05) is 15.6 Å². The van der Waals surface area contributed by atoms with Crippen LogP contribution in [0.2, 0.25) is 5.02 Å². The number of hydrogen-bond donors (Lipinski definition) is 0. The molecular formula is C22H21BrClNO5S2. The van der Waals surface area contributed by atoms with E-state index in [-0.39, 0.29) is 30.7 Å². The Labute approximate surface area is 203 Å². The van der Waals surface area contributed by atoms with Crippen molar-refractivity contribution in [3.05, 3.63) is 67.2 Å². The molecule has 0 aliphatic carbocycles. The number of ketones is 1. The normalized spacial score (nSPS) is 13.4. The quantitative estimate of drug-likeness (QED) is 0.335. The molecule has 0 amide bonds. The standard InChI is InChI=1S/C22H21BrClNO5S2/c1-12(26)17-20(27)18-16(24)11-10-15(23)19(18)25(21(17)31(5)28)32(29,30)14-8-6-13(7-9-14)22(2,3)4/h6-11H,1-5H3. The lowest BCUT2D eigenvalue weighted by atomic mass is 9.87. The average Bonchev–Trinajstić information content (AvgIpc) is 2.68. The number of pyridine rings is 1. The van der Waals surface area contributed by atoms with Crippen LogP contribution in [0.25, 0.3) is 10.9 Å². The summed E-state index contributed by atoms with van der Waals surface area (Å²) >= 11 is 7.57. The Morgan fingerprint density at radius 2 is 1.69 bits per heavy atom. The number of hydrogen-bond acceptors (Lipinski definition) is 5. The molecule has 0 aliphatic heterocycles. The van der Waals surface area contributed by atoms with Crippen molar-refractivity contribution in [3.8, 4) is 0 Å². The van der Waals surface area contributed by atoms with Gasteiger partial charge in [0.1, 0.15) is 11.8 Å². The van der Waals surface area contributed by atoms with Crippen LogP contribution in [0.1, 0.15) is 43.6 Å². The average molecular weight is 559 g/mol. The molecule has 0 spiro atoms. The summed E-state index contributed by atoms with van der Waals surface area (Å²) in [5.74, 6) is -0.704. The lowest BCUT2D eigenvalue weighted by Crippen LogP contribution is -2.29. The number of aromatic nitrogens is 1. The van der Waals surface area contributed by atoms with E-state index < -0.39 is 43.0 Å². The number of fused-ring (bicyclic) bond motifs is 1. The highest BCUT2D eigenvalue weighted by Crippen LogP contribution is 2.34. The van der Waals surface area contributed by atoms with Crippen molar-refractivity contribution in [2.75, 3.05) is 6.26 Å². The molecule has 0 saturated heterocycles. The molecule has 1 heterocycles. The number of Topliss-reactive ketones (excluding diaryl/α,β-unsaturated/α-hetero) is 1. The van der Waals surface area contributed by atoms with Crippen molar-refractivity contribution in [2.45, 2.75) is 43.0 Å². The van der Waals surface area contributed by atoms with Gasteiger partial charge in [-0.1, -0.05) is 44.5 Å². The van der Waals surface area contributed by atoms with Crippen LogP contribution in [0, 0.1) is 0 Å². The van der Waals surface area contributed by atoms with Crippen LogP contribution in [0.3, 0.4) is 0 Å². The molecule has 0 aliphatic rings. The Hall–Kier alpha value is -1.65. The number of halogens is 2. The summed E-state index contributed by atoms with van der Waals surface area (Å²) in [4.78, 5) is 25.5. The second kappa shape index (κ2) is 8.61. The van der Waals surface area contributed by atoms with Gasteiger partial charge in [0.2, 0.25) is 5.43 Å². The summed E-state index contributed by atoms with van der Waals surface area (Å²) in [5.41, 5.74) is -0.570. The van der Waals surface area contributed by atoms with Crippen LogP contribution in [0.5, 0.6) is 0 Å². The first-order valence-corrected chi connectivity index (χ1v) is 13.6. The van der Waals surface area contributed by atoms with Crippen LogP contribution in [0.4, 0.5) is 0 Å². The minimum absolute atomic E-state index is 0.0174. The first-order valence-electron chi connectivity index (χ1n) is 9.46. The van der Waals surface area contributed by atoms with E-state index in [4.69, 9.17) is 11.6 Å². The molecule has 1 atom stereocenters. The van der Waals surface area contributed by atoms with E-state index in [0.717, 1.165) is 16.5 Å². The van der Waals surface area contributed by atoms with E-state index in [2.05, 4.69) is 15.9 Å². The van der Waals surface area contributed by atoms with Crippen molar-refractivity contribution in [2.24, 2.45) is 0 Å². The molecule has 0 bridgehead atoms. The molecule has 6 nitrogen and oxygen atoms in total. The van der Waals surface area contributed by atoms with E-state index in [1.54, 1.807) is 12.1 Å². The van der Waals surface area contributed by atoms with Crippen LogP contribution in [0.15, 0.2) is 55.6 Å². The van der Waals surface area contributed by atoms with Crippen molar-refractivity contribution < 1.29 is 17.8 Å². The van der Waals surface area contributed by atoms with E-state index in [0.29, 0.717) is 0 Å². The third kappa shape index (κ3) is 4.17. The minimum Gasteiger partial charge on any atom is -0.610 e. The second-order valence-electron chi connectivity index (χ2n) is 8.32. The summed E-state index contributed by atoms with van der Waals surface area (Å²) in [6.45, 7) is 7.13. The highest BCUT2D eigenvalue weighted by Gasteiger charge is 2.35. The monoisotopic (exact) mass is 557 g/mol. The van der Waals surface area contributed by atoms with Crippen LogP contribution in [-0.2, 0) is 26.6 Å². The Kier molecular flexibility index (Phi) is 6.72. The molecule has 1 unspecified atom stereocenters. The van der Waals surface area contributed by atoms with Crippen LogP contribution in [-0.4, -0.2) is 29.0 Å². The molecule has 170 valence electrons. The number of carbonyl (C=O) groups excluding carboxylic acids is 1. The van der Waals surface area contributed by atoms with Gasteiger partial charge in [0.05, 0.1) is 20.8 Å². The molecule has 10 heteroatoms. The Bertz CT molecular complexity index is 1410. The van der Waals surface area contributed by atoms with Gasteiger partial charge in [-0.05, 0) is 58.1 Å². The van der Waals surface area contributed by atoms with Gasteiger partial charge in [0.15, 0.2) is 5.78 Å². The van der Waals surface area contributed by atoms with Crippen molar-refractivity contribution in [1.29, 1.82) is 0 Å². The lowest BCUT2D eigenvalue weighted by Gasteiger charge is -2.21. The smallest absolute Gasteiger partial charge is 0.272 e. The summed E-state index contributed by atoms with van der Waals surface area (Å²) in [5, 5.41) is -0.552. The first-order chi connectivity index (χ1) is 14.7. The van der Waals surface area contributed by atoms with Crippen LogP contribution >= 0.6 is 27.5 Å². The Morgan fingerprint density at radius 1 is 1.12 bits per heavy atom. The maximum Gasteiger partial charge on any atom is 0.272 e. The van der Waals surface area contributed by atoms with Gasteiger partial charge in [0.25, 0.3) is 15.0 Å². The van der Waals surface area contributed by atoms with Gasteiger partial charge in [-0.15, -0.1) is 0 Å². The molecule has 0 radical (unpaired) electrons. The summed E-state index contributed by atoms with van der Waals surface area (Å²) in [6.07, 6.45) is 1.22. The predicted octanol–water partition coefficient (Wildman–Crippen LogP) is 4.89. The van der Waals surface area contributed by atoms with E-state index in [1.165, 1.54) is 30.5 Å². The number of rotatable bonds is 4. The van der Waals surface area contributed by atoms with E-state index >= 15 is 0 Å². The van der Waals surface area contributed by atoms with Gasteiger partial charge in [-0.2, -0.15) is 3.97 Å². The zero-order chi connectivity index (χ0) is 24.2. The second-order valence-corrected chi connectivity index (χ2v) is 12.7. The van der Waals surface area contributed by atoms with Gasteiger partial charge < -0.3 is 4.55 Å². The summed E-state index contributed by atoms with van der Waals surface area (Å²) in [6, 6.07) is 9.23. The molecule has 1 aromatic heterocycles. The predicted molar refractivity (Wildman–Crippen MR) is 131 cm³/mol. The van der Waals surface area contributed by atoms with Gasteiger partial charge in [-0.25, -0.2) is 8.42 Å². The SMILES string of the molecule is CC(=O)c1c([S+](C)[O-])n(S(=O)(=O)c2ccc(C(C)(C)C)cc2)c2c(Br)ccc(Cl)c2c1=O. The largest absolute Gasteiger partial charge is 0.610 e. The fourth-order valence-corrected chi connectivity index (χ4v) is 7.17. The summed E-state index contributed by atoms with van der Waals surface area (Å²) < 4.78 is 41.5. The van der Waals surface area contributed by atoms with E-state index in [9.17, 15) is 22.6 Å². The molecule has 3 aromatic rings. The van der Waals surface area contributed by atoms with Gasteiger partial charge in [-0.3, -0.25) is 9.59 Å². The highest BCUT2D eigenvalue weighted by atomic mass is 79.9. The molecule has 0 saturated carbocycles. The zero-order valence-corrected chi connectivity index (χ0v) is 22.0. The molecule has 2 aromatic carbocycles. The third-order valence-electron chi connectivity index (χ3n) is 5.02. The number of carbonyl (C=O) groups is 1. The maximum atomic E-state index is 13.8. The summed E-state index contributed by atoms with van der Waals surface area (Å²) in [7, 11) is -4.37. The fraction of sp³-hybridized carbons (Fsp3) is 0.273. The molecule has 32 heavy (non-hydrogen) atoms. The van der Waals surface area contributed by atoms with Crippen LogP contribution < -0.4 is 5.43 Å².